The smallest absolute Gasteiger partial charge is 0.309 e. The molecule has 4 heterocycles. The highest BCUT2D eigenvalue weighted by molar-refractivity contribution is 5.75. The van der Waals surface area contributed by atoms with E-state index in [4.69, 9.17) is 0 Å². The van der Waals surface area contributed by atoms with E-state index in [2.05, 4.69) is 49.7 Å². The summed E-state index contributed by atoms with van der Waals surface area (Å²) in [6.45, 7) is 3.26. The van der Waals surface area contributed by atoms with Crippen LogP contribution in [0.2, 0.25) is 0 Å². The molecule has 0 bridgehead atoms. The molecular formula is C24H25N5O2. The third-order valence-corrected chi connectivity index (χ3v) is 6.43. The van der Waals surface area contributed by atoms with Crippen molar-refractivity contribution in [2.45, 2.75) is 19.8 Å². The molecule has 7 nitrogen and oxygen atoms in total. The first-order valence-corrected chi connectivity index (χ1v) is 10.5. The fourth-order valence-electron chi connectivity index (χ4n) is 4.32. The number of nitrogens with zero attached hydrogens (tertiary/aromatic N) is 5. The number of rotatable bonds is 4. The van der Waals surface area contributed by atoms with Gasteiger partial charge in [0.15, 0.2) is 0 Å². The molecule has 0 aliphatic carbocycles. The quantitative estimate of drug-likeness (QED) is 0.543. The van der Waals surface area contributed by atoms with Gasteiger partial charge in [0, 0.05) is 37.5 Å². The van der Waals surface area contributed by atoms with Crippen LogP contribution in [0.3, 0.4) is 0 Å². The maximum Gasteiger partial charge on any atom is 0.309 e. The van der Waals surface area contributed by atoms with E-state index in [0.29, 0.717) is 25.9 Å². The number of piperidine rings is 1. The summed E-state index contributed by atoms with van der Waals surface area (Å²) in [6.07, 6.45) is 7.03. The van der Waals surface area contributed by atoms with E-state index in [0.717, 1.165) is 33.8 Å². The molecule has 4 aromatic rings. The minimum Gasteiger partial charge on any atom is -0.481 e. The van der Waals surface area contributed by atoms with Crippen molar-refractivity contribution in [1.82, 2.24) is 19.2 Å². The van der Waals surface area contributed by atoms with Crippen molar-refractivity contribution in [3.8, 4) is 22.4 Å². The molecule has 7 heteroatoms. The molecule has 1 aliphatic heterocycles. The summed E-state index contributed by atoms with van der Waals surface area (Å²) in [5.41, 5.74) is 4.55. The monoisotopic (exact) mass is 415 g/mol. The van der Waals surface area contributed by atoms with E-state index >= 15 is 0 Å². The Hall–Kier alpha value is -3.61. The average molecular weight is 415 g/mol. The van der Waals surface area contributed by atoms with Crippen molar-refractivity contribution in [2.75, 3.05) is 18.0 Å². The van der Waals surface area contributed by atoms with Gasteiger partial charge < -0.3 is 10.0 Å². The Morgan fingerprint density at radius 3 is 2.35 bits per heavy atom. The van der Waals surface area contributed by atoms with Gasteiger partial charge in [-0.05, 0) is 37.5 Å². The number of carbonyl (C=O) groups is 1. The Morgan fingerprint density at radius 1 is 1.00 bits per heavy atom. The zero-order valence-electron chi connectivity index (χ0n) is 17.7. The second-order valence-electron chi connectivity index (χ2n) is 8.55. The van der Waals surface area contributed by atoms with Crippen molar-refractivity contribution >= 4 is 17.4 Å². The van der Waals surface area contributed by atoms with Gasteiger partial charge in [-0.1, -0.05) is 30.3 Å². The summed E-state index contributed by atoms with van der Waals surface area (Å²) in [4.78, 5) is 18.5. The van der Waals surface area contributed by atoms with E-state index in [1.807, 2.05) is 44.7 Å². The predicted molar refractivity (Wildman–Crippen MR) is 120 cm³/mol. The zero-order valence-corrected chi connectivity index (χ0v) is 17.7. The number of carboxylic acids is 1. The largest absolute Gasteiger partial charge is 0.481 e. The Labute approximate surface area is 180 Å². The van der Waals surface area contributed by atoms with Crippen molar-refractivity contribution in [3.63, 3.8) is 0 Å². The molecule has 0 unspecified atom stereocenters. The van der Waals surface area contributed by atoms with Crippen molar-refractivity contribution in [2.24, 2.45) is 12.5 Å². The highest BCUT2D eigenvalue weighted by Crippen LogP contribution is 2.35. The molecule has 1 N–H and O–H groups in total. The van der Waals surface area contributed by atoms with Gasteiger partial charge in [-0.15, -0.1) is 0 Å². The lowest BCUT2D eigenvalue weighted by Crippen LogP contribution is -2.43. The first-order valence-electron chi connectivity index (χ1n) is 10.5. The van der Waals surface area contributed by atoms with Crippen LogP contribution in [0.5, 0.6) is 0 Å². The zero-order chi connectivity index (χ0) is 21.6. The number of anilines is 1. The second-order valence-corrected chi connectivity index (χ2v) is 8.55. The Bertz CT molecular complexity index is 1250. The van der Waals surface area contributed by atoms with E-state index in [9.17, 15) is 9.90 Å². The number of imidazole rings is 1. The van der Waals surface area contributed by atoms with Gasteiger partial charge in [-0.25, -0.2) is 4.98 Å². The van der Waals surface area contributed by atoms with E-state index in [-0.39, 0.29) is 0 Å². The van der Waals surface area contributed by atoms with Gasteiger partial charge in [0.05, 0.1) is 23.5 Å². The molecule has 5 rings (SSSR count). The number of carboxylic acid groups (broad SMARTS) is 1. The van der Waals surface area contributed by atoms with Crippen LogP contribution in [0.15, 0.2) is 61.1 Å². The Kier molecular flexibility index (Phi) is 4.54. The normalized spacial score (nSPS) is 16.0. The lowest BCUT2D eigenvalue weighted by molar-refractivity contribution is -0.149. The lowest BCUT2D eigenvalue weighted by atomic mass is 9.80. The Balaban J connectivity index is 1.49. The molecule has 3 aromatic heterocycles. The van der Waals surface area contributed by atoms with Crippen LogP contribution in [-0.4, -0.2) is 43.3 Å². The third-order valence-electron chi connectivity index (χ3n) is 6.43. The molecule has 0 atom stereocenters. The molecule has 1 aliphatic rings. The fourth-order valence-corrected chi connectivity index (χ4v) is 4.32. The Morgan fingerprint density at radius 2 is 1.71 bits per heavy atom. The van der Waals surface area contributed by atoms with Gasteiger partial charge in [0.1, 0.15) is 11.5 Å². The molecule has 1 saturated heterocycles. The van der Waals surface area contributed by atoms with Crippen molar-refractivity contribution in [3.05, 3.63) is 61.1 Å². The number of aliphatic carboxylic acids is 1. The van der Waals surface area contributed by atoms with Crippen LogP contribution in [-0.2, 0) is 11.8 Å². The molecule has 0 amide bonds. The third kappa shape index (κ3) is 3.36. The average Bonchev–Trinajstić information content (AvgIpc) is 3.41. The summed E-state index contributed by atoms with van der Waals surface area (Å²) in [5.74, 6) is 0.344. The van der Waals surface area contributed by atoms with Crippen LogP contribution in [0.4, 0.5) is 5.82 Å². The summed E-state index contributed by atoms with van der Waals surface area (Å²) in [6, 6.07) is 14.5. The van der Waals surface area contributed by atoms with Gasteiger partial charge in [0.25, 0.3) is 0 Å². The van der Waals surface area contributed by atoms with Gasteiger partial charge in [-0.2, -0.15) is 5.10 Å². The summed E-state index contributed by atoms with van der Waals surface area (Å²) in [5, 5.41) is 13.8. The minimum atomic E-state index is -0.706. The maximum absolute atomic E-state index is 11.6. The number of hydrogen-bond donors (Lipinski definition) is 1. The second kappa shape index (κ2) is 7.27. The standard InChI is InChI=1S/C24H25N5O2/c1-24(23(30)31)10-12-28(13-11-24)22-5-3-4-21-25-15-20(29(21)22)18-8-6-17(7-9-18)19-14-26-27(2)16-19/h3-9,14-16H,10-13H2,1-2H3,(H,30,31). The number of aromatic nitrogens is 4. The van der Waals surface area contributed by atoms with E-state index < -0.39 is 11.4 Å². The number of aryl methyl sites for hydroxylation is 1. The topological polar surface area (TPSA) is 75.7 Å². The van der Waals surface area contributed by atoms with Crippen LogP contribution in [0.1, 0.15) is 19.8 Å². The summed E-state index contributed by atoms with van der Waals surface area (Å²) >= 11 is 0. The van der Waals surface area contributed by atoms with Gasteiger partial charge in [-0.3, -0.25) is 13.9 Å². The first-order chi connectivity index (χ1) is 14.9. The molecule has 0 spiro atoms. The van der Waals surface area contributed by atoms with Crippen LogP contribution in [0.25, 0.3) is 28.0 Å². The highest BCUT2D eigenvalue weighted by Gasteiger charge is 2.37. The molecule has 1 fully saturated rings. The molecule has 0 radical (unpaired) electrons. The van der Waals surface area contributed by atoms with E-state index in [1.165, 1.54) is 0 Å². The van der Waals surface area contributed by atoms with Gasteiger partial charge in [0.2, 0.25) is 0 Å². The van der Waals surface area contributed by atoms with Crippen LogP contribution in [0, 0.1) is 5.41 Å². The first kappa shape index (κ1) is 19.4. The lowest BCUT2D eigenvalue weighted by Gasteiger charge is -2.38. The molecular weight excluding hydrogens is 390 g/mol. The fraction of sp³-hybridized carbons (Fsp3) is 0.292. The number of fused-ring (bicyclic) bond motifs is 1. The van der Waals surface area contributed by atoms with Crippen molar-refractivity contribution < 1.29 is 9.90 Å². The number of benzene rings is 1. The van der Waals surface area contributed by atoms with Gasteiger partial charge >= 0.3 is 5.97 Å². The number of pyridine rings is 1. The maximum atomic E-state index is 11.6. The predicted octanol–water partition coefficient (Wildman–Crippen LogP) is 4.09. The number of hydrogen-bond acceptors (Lipinski definition) is 4. The molecule has 158 valence electrons. The SMILES string of the molecule is Cn1cc(-c2ccc(-c3cnc4cccc(N5CCC(C)(C(=O)O)CC5)n34)cc2)cn1. The summed E-state index contributed by atoms with van der Waals surface area (Å²) < 4.78 is 3.97. The molecule has 0 saturated carbocycles. The van der Waals surface area contributed by atoms with E-state index in [1.54, 1.807) is 4.68 Å². The van der Waals surface area contributed by atoms with Crippen molar-refractivity contribution in [1.29, 1.82) is 0 Å². The minimum absolute atomic E-state index is 0.628. The molecule has 31 heavy (non-hydrogen) atoms. The molecule has 1 aromatic carbocycles. The van der Waals surface area contributed by atoms with Crippen LogP contribution >= 0.6 is 0 Å². The van der Waals surface area contributed by atoms with Crippen LogP contribution < -0.4 is 4.90 Å². The summed E-state index contributed by atoms with van der Waals surface area (Å²) in [7, 11) is 1.91. The highest BCUT2D eigenvalue weighted by atomic mass is 16.4.